The third kappa shape index (κ3) is 9.00. The number of halogens is 3. The van der Waals surface area contributed by atoms with Gasteiger partial charge in [-0.25, -0.2) is 0 Å². The summed E-state index contributed by atoms with van der Waals surface area (Å²) in [5, 5.41) is 4.67. The molecule has 1 aliphatic rings. The van der Waals surface area contributed by atoms with E-state index in [1.54, 1.807) is 21.1 Å². The Balaban J connectivity index is 0.00000417. The second-order valence-electron chi connectivity index (χ2n) is 17.3. The fraction of sp³-hybridized carbons (Fsp3) is 0.511. The quantitative estimate of drug-likeness (QED) is 0.220. The Morgan fingerprint density at radius 3 is 0.900 bits per heavy atom. The Morgan fingerprint density at radius 1 is 0.460 bits per heavy atom. The molecule has 3 aromatic carbocycles. The van der Waals surface area contributed by atoms with E-state index < -0.39 is 8.07 Å². The first-order valence-electron chi connectivity index (χ1n) is 18.4. The number of hydrogen-bond donors (Lipinski definition) is 0. The fourth-order valence-electron chi connectivity index (χ4n) is 7.54. The Labute approximate surface area is 338 Å². The molecule has 0 bridgehead atoms. The summed E-state index contributed by atoms with van der Waals surface area (Å²) in [5.41, 5.74) is 10.3. The zero-order valence-corrected chi connectivity index (χ0v) is 38.4. The van der Waals surface area contributed by atoms with Gasteiger partial charge in [0.2, 0.25) is 0 Å². The van der Waals surface area contributed by atoms with Gasteiger partial charge in [0.25, 0.3) is 0 Å². The van der Waals surface area contributed by atoms with Crippen molar-refractivity contribution in [3.05, 3.63) is 112 Å². The molecule has 1 unspecified atom stereocenters. The van der Waals surface area contributed by atoms with Crippen LogP contribution in [0.25, 0.3) is 0 Å². The van der Waals surface area contributed by atoms with Crippen molar-refractivity contribution in [1.82, 2.24) is 0 Å². The molecule has 0 N–H and O–H groups in total. The molecule has 5 heteroatoms. The van der Waals surface area contributed by atoms with Gasteiger partial charge in [0.1, 0.15) is 0 Å². The van der Waals surface area contributed by atoms with Crippen LogP contribution in [0.2, 0.25) is 3.34 Å². The van der Waals surface area contributed by atoms with Crippen molar-refractivity contribution < 1.29 is 57.7 Å². The average molecular weight is 786 g/mol. The van der Waals surface area contributed by atoms with Gasteiger partial charge >= 0.3 is 304 Å². The summed E-state index contributed by atoms with van der Waals surface area (Å²) in [7, 11) is -2.91. The first kappa shape index (κ1) is 47.0. The van der Waals surface area contributed by atoms with Crippen LogP contribution in [0.5, 0.6) is 0 Å². The van der Waals surface area contributed by atoms with Crippen LogP contribution in [0.3, 0.4) is 0 Å². The predicted molar refractivity (Wildman–Crippen MR) is 208 cm³/mol. The minimum absolute atomic E-state index is 0. The van der Waals surface area contributed by atoms with Gasteiger partial charge in [0.15, 0.2) is 0 Å². The minimum atomic E-state index is -2.91. The Morgan fingerprint density at radius 2 is 0.700 bits per heavy atom. The molecule has 0 nitrogen and oxygen atoms in total. The molecule has 0 fully saturated rings. The van der Waals surface area contributed by atoms with Crippen molar-refractivity contribution in [3.63, 3.8) is 0 Å². The van der Waals surface area contributed by atoms with Crippen LogP contribution < -0.4 is 52.8 Å². The number of benzene rings is 3. The first-order valence-corrected chi connectivity index (χ1v) is 21.1. The fourth-order valence-corrected chi connectivity index (χ4v) is 16.3. The summed E-state index contributed by atoms with van der Waals surface area (Å²) in [6.07, 6.45) is 7.48. The normalized spacial score (nSPS) is 16.3. The van der Waals surface area contributed by atoms with Crippen LogP contribution >= 0.6 is 0 Å². The maximum absolute atomic E-state index is 2.91. The first-order chi connectivity index (χ1) is 21.7. The molecule has 272 valence electrons. The van der Waals surface area contributed by atoms with Crippen molar-refractivity contribution in [2.45, 2.75) is 143 Å². The van der Waals surface area contributed by atoms with Gasteiger partial charge in [-0.1, -0.05) is 0 Å². The Hall–Kier alpha value is -1.06. The number of hydrogen-bond acceptors (Lipinski definition) is 0. The molecular weight excluding hydrogens is 723 g/mol. The molecule has 0 saturated heterocycles. The summed E-state index contributed by atoms with van der Waals surface area (Å²) in [4.78, 5) is 0. The second kappa shape index (κ2) is 17.8. The maximum atomic E-state index is 2.65. The Bertz CT molecular complexity index is 1420. The number of allylic oxidation sites excluding steroid dienone is 4. The summed E-state index contributed by atoms with van der Waals surface area (Å²) in [6, 6.07) is 23.4. The molecular formula is C45H63Cl3SiTi. The molecule has 0 heterocycles. The zero-order chi connectivity index (χ0) is 35.2. The standard InChI is InChI=1S/C45H63Si.3ClH.Ti/c1-28(2)34-19-35(29(3)4)23-40(22-34)46(44-18-16-17-43(44)45(13,14)15,41-24-36(30(5)6)20-37(25-41)31(7)8)42-26-38(32(9)10)21-39(27-42)33(11)12;;;;/h16-33H,1-15H3;3*1H;/q;;;;+3/p-3. The molecule has 0 spiro atoms. The molecule has 0 amide bonds. The molecule has 0 aliphatic heterocycles. The van der Waals surface area contributed by atoms with Gasteiger partial charge in [-0.2, -0.15) is 0 Å². The predicted octanol–water partition coefficient (Wildman–Crippen LogP) is 2.70. The Kier molecular flexibility index (Phi) is 16.8. The molecule has 3 aromatic rings. The van der Waals surface area contributed by atoms with E-state index in [0.29, 0.717) is 35.5 Å². The summed E-state index contributed by atoms with van der Waals surface area (Å²) < 4.78 is -0.178. The van der Waals surface area contributed by atoms with Crippen molar-refractivity contribution in [2.24, 2.45) is 5.41 Å². The van der Waals surface area contributed by atoms with Crippen molar-refractivity contribution >= 4 is 23.6 Å². The monoisotopic (exact) mass is 784 g/mol. The van der Waals surface area contributed by atoms with E-state index in [-0.39, 0.29) is 46.0 Å². The van der Waals surface area contributed by atoms with Crippen LogP contribution in [-0.4, -0.2) is 8.07 Å². The van der Waals surface area contributed by atoms with Gasteiger partial charge in [-0.3, -0.25) is 0 Å². The molecule has 0 saturated carbocycles. The molecule has 1 atom stereocenters. The molecule has 0 radical (unpaired) electrons. The van der Waals surface area contributed by atoms with Gasteiger partial charge < -0.3 is 37.2 Å². The van der Waals surface area contributed by atoms with E-state index in [1.807, 2.05) is 0 Å². The van der Waals surface area contributed by atoms with Crippen LogP contribution in [0.4, 0.5) is 0 Å². The van der Waals surface area contributed by atoms with Gasteiger partial charge in [-0.05, 0) is 0 Å². The van der Waals surface area contributed by atoms with Gasteiger partial charge in [0.05, 0.1) is 0 Å². The van der Waals surface area contributed by atoms with E-state index in [1.165, 1.54) is 33.4 Å². The van der Waals surface area contributed by atoms with Crippen molar-refractivity contribution in [2.75, 3.05) is 0 Å². The van der Waals surface area contributed by atoms with Crippen LogP contribution in [0, 0.1) is 5.41 Å². The van der Waals surface area contributed by atoms with Crippen LogP contribution in [0.15, 0.2) is 78.4 Å². The SMILES string of the molecule is CC(C)c1cc(C(C)C)cc([Si](c2cc(C(C)C)cc(C(C)C)c2)(c2cc(C(C)C)cc(C(C)C)c2)[C]2([Ti+3])C=CC=C2C(C)(C)C)c1.[Cl-].[Cl-].[Cl-]. The number of rotatable bonds is 10. The van der Waals surface area contributed by atoms with E-state index in [0.717, 1.165) is 0 Å². The second-order valence-corrected chi connectivity index (χ2v) is 23.4. The van der Waals surface area contributed by atoms with Crippen molar-refractivity contribution in [1.29, 1.82) is 0 Å². The largest absolute Gasteiger partial charge is 1.00 e. The third-order valence-corrected chi connectivity index (χ3v) is 18.2. The van der Waals surface area contributed by atoms with E-state index in [2.05, 4.69) is 197 Å². The smallest absolute Gasteiger partial charge is 1.00 e. The average Bonchev–Trinajstić information content (AvgIpc) is 3.40. The molecule has 4 rings (SSSR count). The maximum Gasteiger partial charge on any atom is -1.00 e. The van der Waals surface area contributed by atoms with Crippen LogP contribution in [-0.2, 0) is 20.4 Å². The zero-order valence-electron chi connectivity index (χ0n) is 33.5. The molecule has 50 heavy (non-hydrogen) atoms. The van der Waals surface area contributed by atoms with E-state index in [4.69, 9.17) is 0 Å². The summed E-state index contributed by atoms with van der Waals surface area (Å²) >= 11 is 2.62. The van der Waals surface area contributed by atoms with Gasteiger partial charge in [0, 0.05) is 0 Å². The molecule has 0 aromatic heterocycles. The summed E-state index contributed by atoms with van der Waals surface area (Å²) in [5.74, 6) is 2.70. The van der Waals surface area contributed by atoms with Crippen molar-refractivity contribution in [3.8, 4) is 0 Å². The van der Waals surface area contributed by atoms with Crippen LogP contribution in [0.1, 0.15) is 173 Å². The van der Waals surface area contributed by atoms with E-state index in [9.17, 15) is 0 Å². The topological polar surface area (TPSA) is 0 Å². The third-order valence-electron chi connectivity index (χ3n) is 10.7. The van der Waals surface area contributed by atoms with Gasteiger partial charge in [-0.15, -0.1) is 0 Å². The summed E-state index contributed by atoms with van der Waals surface area (Å²) in [6.45, 7) is 35.8. The van der Waals surface area contributed by atoms with E-state index >= 15 is 0 Å². The minimum Gasteiger partial charge on any atom is -1.00 e. The molecule has 1 aliphatic carbocycles.